The SMILES string of the molecule is COc1cc(P(C)(C)=O)ccc1Nc1cc(SCC(=O)Nc2ccccc2)n2cnnc2n1. The minimum absolute atomic E-state index is 0.125. The molecule has 0 saturated carbocycles. The summed E-state index contributed by atoms with van der Waals surface area (Å²) < 4.78 is 19.6. The van der Waals surface area contributed by atoms with Gasteiger partial charge in [-0.2, -0.15) is 4.98 Å². The van der Waals surface area contributed by atoms with Crippen LogP contribution in [0.15, 0.2) is 66.0 Å². The first-order valence-electron chi connectivity index (χ1n) is 10.0. The lowest BCUT2D eigenvalue weighted by molar-refractivity contribution is -0.113. The lowest BCUT2D eigenvalue weighted by Gasteiger charge is -2.15. The van der Waals surface area contributed by atoms with Crippen LogP contribution in [-0.2, 0) is 9.36 Å². The Balaban J connectivity index is 1.55. The number of aromatic nitrogens is 4. The number of rotatable bonds is 8. The van der Waals surface area contributed by atoms with Crippen LogP contribution in [0.4, 0.5) is 17.2 Å². The molecule has 0 aliphatic heterocycles. The number of para-hydroxylation sites is 1. The van der Waals surface area contributed by atoms with Gasteiger partial charge in [0.15, 0.2) is 0 Å². The molecule has 9 nitrogen and oxygen atoms in total. The highest BCUT2D eigenvalue weighted by atomic mass is 32.2. The van der Waals surface area contributed by atoms with E-state index in [9.17, 15) is 9.36 Å². The molecule has 11 heteroatoms. The smallest absolute Gasteiger partial charge is 0.257 e. The average molecular weight is 483 g/mol. The van der Waals surface area contributed by atoms with Crippen LogP contribution in [-0.4, -0.2) is 51.7 Å². The van der Waals surface area contributed by atoms with E-state index in [1.807, 2.05) is 48.5 Å². The number of hydrogen-bond acceptors (Lipinski definition) is 8. The zero-order valence-corrected chi connectivity index (χ0v) is 20.1. The van der Waals surface area contributed by atoms with Crippen molar-refractivity contribution < 1.29 is 14.1 Å². The number of hydrogen-bond donors (Lipinski definition) is 2. The van der Waals surface area contributed by atoms with Crippen LogP contribution in [0, 0.1) is 0 Å². The molecule has 1 amide bonds. The van der Waals surface area contributed by atoms with Gasteiger partial charge in [-0.25, -0.2) is 0 Å². The van der Waals surface area contributed by atoms with Crippen molar-refractivity contribution in [1.82, 2.24) is 19.6 Å². The molecule has 4 aromatic rings. The summed E-state index contributed by atoms with van der Waals surface area (Å²) in [6.07, 6.45) is 1.55. The third kappa shape index (κ3) is 5.53. The first-order valence-corrected chi connectivity index (χ1v) is 13.6. The van der Waals surface area contributed by atoms with Crippen molar-refractivity contribution in [1.29, 1.82) is 0 Å². The zero-order valence-electron chi connectivity index (χ0n) is 18.3. The maximum atomic E-state index is 12.4. The summed E-state index contributed by atoms with van der Waals surface area (Å²) in [5.74, 6) is 1.54. The number of methoxy groups -OCH3 is 1. The Kier molecular flexibility index (Phi) is 6.67. The van der Waals surface area contributed by atoms with Gasteiger partial charge in [-0.05, 0) is 43.7 Å². The first kappa shape index (κ1) is 22.8. The third-order valence-corrected chi connectivity index (χ3v) is 7.26. The highest BCUT2D eigenvalue weighted by Gasteiger charge is 2.16. The number of fused-ring (bicyclic) bond motifs is 1. The van der Waals surface area contributed by atoms with Crippen LogP contribution in [0.2, 0.25) is 0 Å². The standard InChI is InChI=1S/C22H23N6O3PS/c1-31-18-11-16(32(2,3)30)9-10-17(18)25-19-12-21(28-14-23-27-22(28)26-19)33-13-20(29)24-15-7-5-4-6-8-15/h4-12,14H,13H2,1-3H3,(H,24,29)(H,25,26,27). The van der Waals surface area contributed by atoms with Crippen molar-refractivity contribution >= 4 is 53.1 Å². The summed E-state index contributed by atoms with van der Waals surface area (Å²) in [4.78, 5) is 16.9. The predicted octanol–water partition coefficient (Wildman–Crippen LogP) is 3.86. The Hall–Kier alpha value is -3.36. The molecule has 2 aromatic carbocycles. The number of carbonyl (C=O) groups excluding carboxylic acids is 1. The fourth-order valence-corrected chi connectivity index (χ4v) is 4.75. The molecule has 0 aliphatic rings. The van der Waals surface area contributed by atoms with E-state index in [1.54, 1.807) is 37.2 Å². The molecule has 0 fully saturated rings. The largest absolute Gasteiger partial charge is 0.495 e. The Labute approximate surface area is 195 Å². The molecule has 0 atom stereocenters. The van der Waals surface area contributed by atoms with Crippen LogP contribution < -0.4 is 20.7 Å². The van der Waals surface area contributed by atoms with Crippen molar-refractivity contribution in [3.05, 3.63) is 60.9 Å². The van der Waals surface area contributed by atoms with Crippen molar-refractivity contribution in [2.45, 2.75) is 5.03 Å². The Morgan fingerprint density at radius 3 is 2.67 bits per heavy atom. The maximum absolute atomic E-state index is 12.4. The number of nitrogens with one attached hydrogen (secondary N) is 2. The Morgan fingerprint density at radius 1 is 1.15 bits per heavy atom. The van der Waals surface area contributed by atoms with Crippen LogP contribution in [0.25, 0.3) is 5.78 Å². The Morgan fingerprint density at radius 2 is 1.94 bits per heavy atom. The van der Waals surface area contributed by atoms with Gasteiger partial charge in [-0.1, -0.05) is 30.0 Å². The fraction of sp³-hybridized carbons (Fsp3) is 0.182. The molecule has 0 spiro atoms. The number of anilines is 3. The monoisotopic (exact) mass is 482 g/mol. The predicted molar refractivity (Wildman–Crippen MR) is 132 cm³/mol. The minimum Gasteiger partial charge on any atom is -0.495 e. The van der Waals surface area contributed by atoms with Gasteiger partial charge in [0, 0.05) is 17.1 Å². The van der Waals surface area contributed by atoms with Crippen molar-refractivity contribution in [3.8, 4) is 5.75 Å². The van der Waals surface area contributed by atoms with Crippen LogP contribution in [0.1, 0.15) is 0 Å². The summed E-state index contributed by atoms with van der Waals surface area (Å²) in [6, 6.07) is 16.5. The summed E-state index contributed by atoms with van der Waals surface area (Å²) in [5.41, 5.74) is 1.41. The van der Waals surface area contributed by atoms with Gasteiger partial charge < -0.3 is 19.9 Å². The number of thioether (sulfide) groups is 1. The van der Waals surface area contributed by atoms with Gasteiger partial charge in [0.1, 0.15) is 25.0 Å². The molecule has 0 radical (unpaired) electrons. The molecular weight excluding hydrogens is 459 g/mol. The third-order valence-electron chi connectivity index (χ3n) is 4.73. The van der Waals surface area contributed by atoms with E-state index in [0.29, 0.717) is 23.0 Å². The molecule has 0 unspecified atom stereocenters. The molecule has 2 N–H and O–H groups in total. The second-order valence-electron chi connectivity index (χ2n) is 7.54. The topological polar surface area (TPSA) is 111 Å². The molecule has 0 aliphatic carbocycles. The van der Waals surface area contributed by atoms with Gasteiger partial charge in [0.25, 0.3) is 5.78 Å². The molecule has 33 heavy (non-hydrogen) atoms. The van der Waals surface area contributed by atoms with E-state index in [-0.39, 0.29) is 11.7 Å². The highest BCUT2D eigenvalue weighted by molar-refractivity contribution is 7.99. The summed E-state index contributed by atoms with van der Waals surface area (Å²) in [6.45, 7) is 3.43. The quantitative estimate of drug-likeness (QED) is 0.221. The van der Waals surface area contributed by atoms with E-state index in [1.165, 1.54) is 11.8 Å². The second-order valence-corrected chi connectivity index (χ2v) is 11.8. The lowest BCUT2D eigenvalue weighted by atomic mass is 10.3. The Bertz CT molecular complexity index is 1340. The van der Waals surface area contributed by atoms with E-state index < -0.39 is 7.14 Å². The molecule has 4 rings (SSSR count). The number of carbonyl (C=O) groups is 1. The van der Waals surface area contributed by atoms with Gasteiger partial charge in [-0.15, -0.1) is 10.2 Å². The van der Waals surface area contributed by atoms with Gasteiger partial charge in [0.05, 0.1) is 23.6 Å². The van der Waals surface area contributed by atoms with Crippen molar-refractivity contribution in [2.75, 3.05) is 36.8 Å². The average Bonchev–Trinajstić information content (AvgIpc) is 3.26. The highest BCUT2D eigenvalue weighted by Crippen LogP contribution is 2.38. The zero-order chi connectivity index (χ0) is 23.4. The van der Waals surface area contributed by atoms with E-state index in [0.717, 1.165) is 16.0 Å². The molecule has 2 aromatic heterocycles. The van der Waals surface area contributed by atoms with Crippen molar-refractivity contribution in [2.24, 2.45) is 0 Å². The number of nitrogens with zero attached hydrogens (tertiary/aromatic N) is 4. The van der Waals surface area contributed by atoms with Crippen LogP contribution >= 0.6 is 18.9 Å². The summed E-state index contributed by atoms with van der Waals surface area (Å²) in [5, 5.41) is 15.6. The summed E-state index contributed by atoms with van der Waals surface area (Å²) >= 11 is 1.35. The van der Waals surface area contributed by atoms with Crippen LogP contribution in [0.3, 0.4) is 0 Å². The van der Waals surface area contributed by atoms with E-state index in [4.69, 9.17) is 4.74 Å². The van der Waals surface area contributed by atoms with Crippen LogP contribution in [0.5, 0.6) is 5.75 Å². The molecule has 170 valence electrons. The first-order chi connectivity index (χ1) is 15.8. The summed E-state index contributed by atoms with van der Waals surface area (Å²) in [7, 11) is -0.865. The fourth-order valence-electron chi connectivity index (χ4n) is 3.08. The molecule has 0 bridgehead atoms. The lowest BCUT2D eigenvalue weighted by Crippen LogP contribution is -2.14. The van der Waals surface area contributed by atoms with Gasteiger partial charge in [-0.3, -0.25) is 9.20 Å². The normalized spacial score (nSPS) is 11.4. The number of benzene rings is 2. The van der Waals surface area contributed by atoms with Gasteiger partial charge >= 0.3 is 0 Å². The molecule has 2 heterocycles. The van der Waals surface area contributed by atoms with Crippen molar-refractivity contribution in [3.63, 3.8) is 0 Å². The number of ether oxygens (including phenoxy) is 1. The van der Waals surface area contributed by atoms with E-state index in [2.05, 4.69) is 25.8 Å². The van der Waals surface area contributed by atoms with Gasteiger partial charge in [0.2, 0.25) is 5.91 Å². The second kappa shape index (κ2) is 9.64. The van der Waals surface area contributed by atoms with E-state index >= 15 is 0 Å². The minimum atomic E-state index is -2.42. The molecular formula is C22H23N6O3PS. The number of amides is 1. The molecule has 0 saturated heterocycles. The maximum Gasteiger partial charge on any atom is 0.257 e.